The molecule has 1 N–H and O–H groups in total. The fourth-order valence-corrected chi connectivity index (χ4v) is 2.24. The molecule has 1 fully saturated rings. The number of benzene rings is 1. The lowest BCUT2D eigenvalue weighted by molar-refractivity contribution is 0.0709. The molecule has 1 aliphatic rings. The summed E-state index contributed by atoms with van der Waals surface area (Å²) in [5.74, 6) is 0.213. The normalized spacial score (nSPS) is 26.2. The number of hydrogen-bond acceptors (Lipinski definition) is 2. The largest absolute Gasteiger partial charge is 0.393 e. The lowest BCUT2D eigenvalue weighted by Crippen LogP contribution is -2.25. The van der Waals surface area contributed by atoms with Crippen LogP contribution in [0.3, 0.4) is 0 Å². The first-order valence-corrected chi connectivity index (χ1v) is 5.54. The second-order valence-corrected chi connectivity index (χ2v) is 4.25. The van der Waals surface area contributed by atoms with Gasteiger partial charge in [-0.3, -0.25) is 4.79 Å². The van der Waals surface area contributed by atoms with Crippen molar-refractivity contribution in [3.8, 4) is 0 Å². The number of carbonyl (C=O) groups is 1. The summed E-state index contributed by atoms with van der Waals surface area (Å²) in [5.41, 5.74) is 0.775. The predicted octanol–water partition coefficient (Wildman–Crippen LogP) is 2.42. The van der Waals surface area contributed by atoms with Crippen molar-refractivity contribution in [2.24, 2.45) is 5.92 Å². The van der Waals surface area contributed by atoms with E-state index in [0.29, 0.717) is 6.42 Å². The quantitative estimate of drug-likeness (QED) is 0.751. The van der Waals surface area contributed by atoms with Crippen LogP contribution in [0.15, 0.2) is 30.3 Å². The van der Waals surface area contributed by atoms with Gasteiger partial charge in [0, 0.05) is 11.5 Å². The first kappa shape index (κ1) is 10.4. The molecule has 0 aliphatic heterocycles. The second-order valence-electron chi connectivity index (χ2n) is 4.25. The van der Waals surface area contributed by atoms with E-state index in [0.717, 1.165) is 24.8 Å². The lowest BCUT2D eigenvalue weighted by Gasteiger charge is -2.24. The Morgan fingerprint density at radius 3 is 2.60 bits per heavy atom. The van der Waals surface area contributed by atoms with Crippen molar-refractivity contribution in [2.75, 3.05) is 0 Å². The van der Waals surface area contributed by atoms with Crippen molar-refractivity contribution in [1.29, 1.82) is 0 Å². The molecule has 0 radical (unpaired) electrons. The number of ketones is 1. The smallest absolute Gasteiger partial charge is 0.166 e. The predicted molar refractivity (Wildman–Crippen MR) is 58.7 cm³/mol. The number of aliphatic hydroxyl groups excluding tert-OH is 1. The van der Waals surface area contributed by atoms with Crippen LogP contribution in [0.4, 0.5) is 0 Å². The molecule has 0 heterocycles. The fourth-order valence-electron chi connectivity index (χ4n) is 2.24. The number of Topliss-reactive ketones (excluding diaryl/α,β-unsaturated/α-hetero) is 1. The first-order valence-electron chi connectivity index (χ1n) is 5.54. The summed E-state index contributed by atoms with van der Waals surface area (Å²) in [7, 11) is 0. The van der Waals surface area contributed by atoms with E-state index < -0.39 is 0 Å². The number of rotatable bonds is 2. The van der Waals surface area contributed by atoms with Gasteiger partial charge in [0.05, 0.1) is 6.10 Å². The molecule has 2 heteroatoms. The summed E-state index contributed by atoms with van der Waals surface area (Å²) in [5, 5.41) is 9.52. The van der Waals surface area contributed by atoms with Gasteiger partial charge in [0.1, 0.15) is 0 Å². The Morgan fingerprint density at radius 1 is 1.20 bits per heavy atom. The summed E-state index contributed by atoms with van der Waals surface area (Å²) in [6.45, 7) is 0. The maximum Gasteiger partial charge on any atom is 0.166 e. The number of aliphatic hydroxyl groups is 1. The summed E-state index contributed by atoms with van der Waals surface area (Å²) >= 11 is 0. The van der Waals surface area contributed by atoms with Crippen molar-refractivity contribution in [2.45, 2.75) is 31.8 Å². The zero-order valence-electron chi connectivity index (χ0n) is 8.73. The average molecular weight is 204 g/mol. The molecule has 1 aromatic rings. The minimum Gasteiger partial charge on any atom is -0.393 e. The van der Waals surface area contributed by atoms with E-state index in [4.69, 9.17) is 0 Å². The van der Waals surface area contributed by atoms with E-state index >= 15 is 0 Å². The molecular weight excluding hydrogens is 188 g/mol. The van der Waals surface area contributed by atoms with Gasteiger partial charge in [0.25, 0.3) is 0 Å². The minimum atomic E-state index is -0.281. The molecule has 2 nitrogen and oxygen atoms in total. The van der Waals surface area contributed by atoms with Crippen LogP contribution in [-0.2, 0) is 0 Å². The molecule has 0 bridgehead atoms. The average Bonchev–Trinajstić information content (AvgIpc) is 2.29. The highest BCUT2D eigenvalue weighted by Gasteiger charge is 2.26. The molecule has 2 rings (SSSR count). The topological polar surface area (TPSA) is 37.3 Å². The van der Waals surface area contributed by atoms with Crippen LogP contribution >= 0.6 is 0 Å². The Morgan fingerprint density at radius 2 is 1.93 bits per heavy atom. The summed E-state index contributed by atoms with van der Waals surface area (Å²) in [4.78, 5) is 12.0. The first-order chi connectivity index (χ1) is 7.27. The zero-order chi connectivity index (χ0) is 10.7. The molecular formula is C13H16O2. The van der Waals surface area contributed by atoms with Crippen molar-refractivity contribution in [1.82, 2.24) is 0 Å². The standard InChI is InChI=1S/C13H16O2/c14-12-8-4-7-11(9-12)13(15)10-5-2-1-3-6-10/h1-3,5-6,11-12,14H,4,7-9H2/t11-,12+/m1/s1. The van der Waals surface area contributed by atoms with Crippen LogP contribution < -0.4 is 0 Å². The fraction of sp³-hybridized carbons (Fsp3) is 0.462. The van der Waals surface area contributed by atoms with E-state index in [1.807, 2.05) is 30.3 Å². The molecule has 1 aromatic carbocycles. The summed E-state index contributed by atoms with van der Waals surface area (Å²) in [6.07, 6.45) is 3.08. The van der Waals surface area contributed by atoms with E-state index in [9.17, 15) is 9.90 Å². The van der Waals surface area contributed by atoms with E-state index in [2.05, 4.69) is 0 Å². The Hall–Kier alpha value is -1.15. The highest BCUT2D eigenvalue weighted by atomic mass is 16.3. The van der Waals surface area contributed by atoms with Crippen LogP contribution in [0, 0.1) is 5.92 Å². The van der Waals surface area contributed by atoms with Crippen LogP contribution in [0.5, 0.6) is 0 Å². The molecule has 80 valence electrons. The minimum absolute atomic E-state index is 0.0242. The Bertz CT molecular complexity index is 332. The molecule has 0 spiro atoms. The Balaban J connectivity index is 2.08. The maximum absolute atomic E-state index is 12.0. The molecule has 1 saturated carbocycles. The van der Waals surface area contributed by atoms with Crippen LogP contribution in [-0.4, -0.2) is 17.0 Å². The molecule has 15 heavy (non-hydrogen) atoms. The molecule has 0 saturated heterocycles. The Labute approximate surface area is 89.9 Å². The lowest BCUT2D eigenvalue weighted by atomic mass is 9.82. The monoisotopic (exact) mass is 204 g/mol. The van der Waals surface area contributed by atoms with Gasteiger partial charge < -0.3 is 5.11 Å². The maximum atomic E-state index is 12.0. The molecule has 0 aromatic heterocycles. The highest BCUT2D eigenvalue weighted by Crippen LogP contribution is 2.27. The molecule has 1 aliphatic carbocycles. The van der Waals surface area contributed by atoms with Crippen molar-refractivity contribution >= 4 is 5.78 Å². The third-order valence-electron chi connectivity index (χ3n) is 3.08. The third kappa shape index (κ3) is 2.45. The van der Waals surface area contributed by atoms with Crippen molar-refractivity contribution in [3.63, 3.8) is 0 Å². The zero-order valence-corrected chi connectivity index (χ0v) is 8.73. The van der Waals surface area contributed by atoms with Gasteiger partial charge in [-0.2, -0.15) is 0 Å². The summed E-state index contributed by atoms with van der Waals surface area (Å²) < 4.78 is 0. The SMILES string of the molecule is O=C(c1ccccc1)[C@@H]1CCC[C@H](O)C1. The second kappa shape index (κ2) is 4.58. The van der Waals surface area contributed by atoms with Crippen LogP contribution in [0.2, 0.25) is 0 Å². The van der Waals surface area contributed by atoms with E-state index in [-0.39, 0.29) is 17.8 Å². The summed E-state index contributed by atoms with van der Waals surface area (Å²) in [6, 6.07) is 9.37. The van der Waals surface area contributed by atoms with Gasteiger partial charge in [-0.05, 0) is 19.3 Å². The highest BCUT2D eigenvalue weighted by molar-refractivity contribution is 5.97. The van der Waals surface area contributed by atoms with Gasteiger partial charge in [-0.1, -0.05) is 36.8 Å². The van der Waals surface area contributed by atoms with Crippen LogP contribution in [0.1, 0.15) is 36.0 Å². The Kier molecular flexibility index (Phi) is 3.17. The molecule has 2 atom stereocenters. The van der Waals surface area contributed by atoms with Gasteiger partial charge in [-0.25, -0.2) is 0 Å². The van der Waals surface area contributed by atoms with Crippen molar-refractivity contribution in [3.05, 3.63) is 35.9 Å². The third-order valence-corrected chi connectivity index (χ3v) is 3.08. The van der Waals surface area contributed by atoms with Crippen molar-refractivity contribution < 1.29 is 9.90 Å². The molecule has 0 amide bonds. The van der Waals surface area contributed by atoms with E-state index in [1.165, 1.54) is 0 Å². The van der Waals surface area contributed by atoms with E-state index in [1.54, 1.807) is 0 Å². The number of hydrogen-bond donors (Lipinski definition) is 1. The molecule has 0 unspecified atom stereocenters. The number of carbonyl (C=O) groups excluding carboxylic acids is 1. The van der Waals surface area contributed by atoms with Gasteiger partial charge in [-0.15, -0.1) is 0 Å². The van der Waals surface area contributed by atoms with Gasteiger partial charge >= 0.3 is 0 Å². The van der Waals surface area contributed by atoms with Gasteiger partial charge in [0.2, 0.25) is 0 Å². The van der Waals surface area contributed by atoms with Crippen LogP contribution in [0.25, 0.3) is 0 Å². The van der Waals surface area contributed by atoms with Gasteiger partial charge in [0.15, 0.2) is 5.78 Å².